The Kier molecular flexibility index (Phi) is 12.8. The van der Waals surface area contributed by atoms with Crippen molar-refractivity contribution >= 4 is 151 Å². The van der Waals surface area contributed by atoms with Crippen molar-refractivity contribution in [3.8, 4) is 62.4 Å². The van der Waals surface area contributed by atoms with Gasteiger partial charge in [0.1, 0.15) is 17.0 Å². The number of imidazole rings is 1. The third kappa shape index (κ3) is 9.16. The number of hydrogen-bond acceptors (Lipinski definition) is 5. The molecule has 0 saturated carbocycles. The zero-order valence-electron chi connectivity index (χ0n) is 54.3. The molecule has 470 valence electrons. The molecule has 0 N–H and O–H groups in total. The summed E-state index contributed by atoms with van der Waals surface area (Å²) in [5.41, 5.74) is 17.9. The maximum absolute atomic E-state index is 6.68. The lowest BCUT2D eigenvalue weighted by molar-refractivity contribution is 0.673. The van der Waals surface area contributed by atoms with Gasteiger partial charge in [-0.15, -0.1) is 11.3 Å². The number of furan rings is 1. The Labute approximate surface area is 582 Å². The molecule has 0 atom stereocenters. The summed E-state index contributed by atoms with van der Waals surface area (Å²) in [6.45, 7) is 0. The van der Waals surface area contributed by atoms with Gasteiger partial charge in [0, 0.05) is 109 Å². The first-order valence-electron chi connectivity index (χ1n) is 34.2. The molecule has 0 fully saturated rings. The van der Waals surface area contributed by atoms with Crippen LogP contribution < -0.4 is 0 Å². The predicted octanol–water partition coefficient (Wildman–Crippen LogP) is 25.2. The second-order valence-electron chi connectivity index (χ2n) is 26.2. The molecule has 0 radical (unpaired) electrons. The summed E-state index contributed by atoms with van der Waals surface area (Å²) in [6, 6.07) is 121. The third-order valence-electron chi connectivity index (χ3n) is 20.5. The number of nitrogens with zero attached hydrogens (tertiary/aromatic N) is 6. The average molecular weight is 1310 g/mol. The first-order chi connectivity index (χ1) is 50.0. The number of fused-ring (bicyclic) bond motifs is 20. The van der Waals surface area contributed by atoms with Crippen LogP contribution in [0.4, 0.5) is 0 Å². The van der Waals surface area contributed by atoms with Crippen LogP contribution in [-0.2, 0) is 0 Å². The Balaban J connectivity index is 0.000000132. The van der Waals surface area contributed by atoms with Gasteiger partial charge in [0.2, 0.25) is 0 Å². The maximum Gasteiger partial charge on any atom is 0.160 e. The van der Waals surface area contributed by atoms with Crippen LogP contribution in [0.1, 0.15) is 0 Å². The van der Waals surface area contributed by atoms with E-state index in [2.05, 4.69) is 317 Å². The molecule has 0 unspecified atom stereocenters. The van der Waals surface area contributed by atoms with Crippen molar-refractivity contribution < 1.29 is 4.42 Å². The topological polar surface area (TPSA) is 66.6 Å². The quantitative estimate of drug-likeness (QED) is 0.159. The molecule has 22 rings (SSSR count). The first kappa shape index (κ1) is 56.9. The lowest BCUT2D eigenvalue weighted by Gasteiger charge is -2.12. The van der Waals surface area contributed by atoms with Crippen LogP contribution in [0, 0.1) is 0 Å². The molecule has 0 amide bonds. The van der Waals surface area contributed by atoms with Crippen LogP contribution in [0.25, 0.3) is 202 Å². The summed E-state index contributed by atoms with van der Waals surface area (Å²) in [7, 11) is 0. The monoisotopic (exact) mass is 1300 g/mol. The van der Waals surface area contributed by atoms with E-state index in [1.807, 2.05) is 47.7 Å². The fraction of sp³-hybridized carbons (Fsp3) is 0. The lowest BCUT2D eigenvalue weighted by atomic mass is 10.0. The average Bonchev–Trinajstić information content (AvgIpc) is 1.56. The van der Waals surface area contributed by atoms with Crippen molar-refractivity contribution in [2.24, 2.45) is 0 Å². The summed E-state index contributed by atoms with van der Waals surface area (Å²) in [4.78, 5) is 15.2. The number of para-hydroxylation sites is 3. The molecule has 0 aliphatic heterocycles. The highest BCUT2D eigenvalue weighted by Gasteiger charge is 2.23. The summed E-state index contributed by atoms with van der Waals surface area (Å²) in [5.74, 6) is 1.64. The van der Waals surface area contributed by atoms with E-state index in [1.54, 1.807) is 0 Å². The molecular weight excluding hydrogens is 1250 g/mol. The van der Waals surface area contributed by atoms with E-state index in [1.165, 1.54) is 96.0 Å². The highest BCUT2D eigenvalue weighted by Crippen LogP contribution is 2.46. The van der Waals surface area contributed by atoms with Crippen LogP contribution in [0.3, 0.4) is 0 Å². The van der Waals surface area contributed by atoms with Gasteiger partial charge < -0.3 is 13.6 Å². The van der Waals surface area contributed by atoms with Gasteiger partial charge in [-0.3, -0.25) is 4.57 Å². The van der Waals surface area contributed by atoms with Crippen molar-refractivity contribution in [3.05, 3.63) is 340 Å². The summed E-state index contributed by atoms with van der Waals surface area (Å²) < 4.78 is 16.4. The fourth-order valence-corrected chi connectivity index (χ4v) is 16.9. The van der Waals surface area contributed by atoms with Crippen LogP contribution in [0.5, 0.6) is 0 Å². The second-order valence-corrected chi connectivity index (χ2v) is 27.3. The van der Waals surface area contributed by atoms with Crippen molar-refractivity contribution in [3.63, 3.8) is 0 Å². The Morgan fingerprint density at radius 2 is 0.772 bits per heavy atom. The number of rotatable bonds is 7. The minimum atomic E-state index is 0.718. The van der Waals surface area contributed by atoms with Gasteiger partial charge in [-0.25, -0.2) is 15.0 Å². The molecule has 0 saturated heterocycles. The molecular formula is C93H56N6OS. The Morgan fingerprint density at radius 3 is 1.50 bits per heavy atom. The van der Waals surface area contributed by atoms with Crippen LogP contribution in [0.2, 0.25) is 0 Å². The number of hydrogen-bond donors (Lipinski definition) is 0. The van der Waals surface area contributed by atoms with Crippen molar-refractivity contribution in [1.82, 2.24) is 28.7 Å². The predicted molar refractivity (Wildman–Crippen MR) is 424 cm³/mol. The third-order valence-corrected chi connectivity index (χ3v) is 21.7. The number of aromatic nitrogens is 6. The number of benzene rings is 16. The van der Waals surface area contributed by atoms with Gasteiger partial charge in [-0.05, 0) is 135 Å². The Bertz CT molecular complexity index is 7050. The minimum Gasteiger partial charge on any atom is -0.455 e. The normalized spacial score (nSPS) is 12.0. The smallest absolute Gasteiger partial charge is 0.160 e. The fourth-order valence-electron chi connectivity index (χ4n) is 15.7. The van der Waals surface area contributed by atoms with E-state index in [4.69, 9.17) is 19.4 Å². The molecule has 16 aromatic carbocycles. The van der Waals surface area contributed by atoms with Crippen molar-refractivity contribution in [2.75, 3.05) is 0 Å². The van der Waals surface area contributed by atoms with Crippen molar-refractivity contribution in [1.29, 1.82) is 0 Å². The second kappa shape index (κ2) is 22.7. The molecule has 0 aliphatic carbocycles. The van der Waals surface area contributed by atoms with Crippen LogP contribution >= 0.6 is 11.3 Å². The van der Waals surface area contributed by atoms with E-state index in [0.717, 1.165) is 106 Å². The number of thiophene rings is 1. The lowest BCUT2D eigenvalue weighted by Crippen LogP contribution is -1.98. The molecule has 22 aromatic rings. The Hall–Kier alpha value is -13.3. The van der Waals surface area contributed by atoms with E-state index in [9.17, 15) is 0 Å². The highest BCUT2D eigenvalue weighted by atomic mass is 32.1. The van der Waals surface area contributed by atoms with Gasteiger partial charge >= 0.3 is 0 Å². The molecule has 6 heterocycles. The molecule has 8 heteroatoms. The molecule has 0 aliphatic rings. The summed E-state index contributed by atoms with van der Waals surface area (Å²) in [5, 5.41) is 19.7. The van der Waals surface area contributed by atoms with Crippen LogP contribution in [0.15, 0.2) is 344 Å². The van der Waals surface area contributed by atoms with E-state index in [-0.39, 0.29) is 0 Å². The van der Waals surface area contributed by atoms with Gasteiger partial charge in [0.15, 0.2) is 5.82 Å². The van der Waals surface area contributed by atoms with Crippen LogP contribution in [-0.4, -0.2) is 28.7 Å². The molecule has 7 nitrogen and oxygen atoms in total. The molecule has 101 heavy (non-hydrogen) atoms. The maximum atomic E-state index is 6.68. The van der Waals surface area contributed by atoms with E-state index < -0.39 is 0 Å². The van der Waals surface area contributed by atoms with E-state index in [0.29, 0.717) is 0 Å². The minimum absolute atomic E-state index is 0.718. The van der Waals surface area contributed by atoms with Gasteiger partial charge in [-0.1, -0.05) is 231 Å². The van der Waals surface area contributed by atoms with Gasteiger partial charge in [0.25, 0.3) is 0 Å². The zero-order valence-corrected chi connectivity index (χ0v) is 55.1. The molecule has 0 bridgehead atoms. The van der Waals surface area contributed by atoms with E-state index >= 15 is 0 Å². The molecule has 0 spiro atoms. The Morgan fingerprint density at radius 1 is 0.267 bits per heavy atom. The SMILES string of the molecule is c1ccc(-c2cc(-c3ccc(-n4c5cc6ccccc6cc5c5cc6c(cc54)sc4c5ccccc5ccc64)cc3)nc(-c3ccccc3)n2)cc1.c1ccc(-n2c(-c3ccc(-n4c5cc6oc7c8ccccc8ccc7c6cc5c5ccc6ccccc6c54)cc3)nc3ccccc32)cc1. The van der Waals surface area contributed by atoms with Crippen molar-refractivity contribution in [2.45, 2.75) is 0 Å². The first-order valence-corrected chi connectivity index (χ1v) is 35.0. The largest absolute Gasteiger partial charge is 0.455 e. The molecule has 6 aromatic heterocycles. The summed E-state index contributed by atoms with van der Waals surface area (Å²) in [6.07, 6.45) is 0. The summed E-state index contributed by atoms with van der Waals surface area (Å²) >= 11 is 1.89. The van der Waals surface area contributed by atoms with Gasteiger partial charge in [-0.2, -0.15) is 0 Å². The zero-order chi connectivity index (χ0) is 66.2. The highest BCUT2D eigenvalue weighted by molar-refractivity contribution is 7.26. The van der Waals surface area contributed by atoms with Gasteiger partial charge in [0.05, 0.1) is 44.5 Å². The standard InChI is InChI=1S/C48H29N3S.C45H27N3O/c1-3-12-31(13-4-1)42-28-43(50-48(49-42)33-14-5-2-6-15-33)32-19-22-36(23-20-32)51-44-26-35-17-8-7-16-34(35)25-39(44)40-27-41-38-24-21-30-11-9-10-18-37(30)47(38)52-46(41)29-45(40)51;1-2-12-31(13-3-1)48-40-17-9-8-16-39(40)46-45(48)30-18-22-32(23-19-30)47-41-27-42-38(36-25-21-29-11-5-7-15-34(29)44(36)49-42)26-37(41)35-24-20-28-10-4-6-14-33(28)43(35)47/h1-29H;1-27H.